The van der Waals surface area contributed by atoms with Crippen molar-refractivity contribution in [1.82, 2.24) is 0 Å². The molecule has 0 saturated heterocycles. The molecule has 0 aromatic rings. The quantitative estimate of drug-likeness (QED) is 0.167. The van der Waals surface area contributed by atoms with Crippen LogP contribution >= 0.6 is 0 Å². The zero-order valence-electron chi connectivity index (χ0n) is 26.3. The highest BCUT2D eigenvalue weighted by Crippen LogP contribution is 2.36. The van der Waals surface area contributed by atoms with Gasteiger partial charge in [-0.3, -0.25) is 0 Å². The summed E-state index contributed by atoms with van der Waals surface area (Å²) < 4.78 is 24.3. The van der Waals surface area contributed by atoms with E-state index in [1.165, 1.54) is 19.3 Å². The van der Waals surface area contributed by atoms with Gasteiger partial charge in [-0.05, 0) is 119 Å². The molecule has 2 unspecified atom stereocenters. The van der Waals surface area contributed by atoms with Crippen molar-refractivity contribution < 1.29 is 18.9 Å². The van der Waals surface area contributed by atoms with Gasteiger partial charge in [0.05, 0.1) is 35.6 Å². The van der Waals surface area contributed by atoms with Crippen LogP contribution in [0.1, 0.15) is 142 Å². The molecule has 0 amide bonds. The molecule has 0 aromatic heterocycles. The Morgan fingerprint density at radius 3 is 1.09 bits per heavy atom. The van der Waals surface area contributed by atoms with E-state index in [4.69, 9.17) is 18.9 Å². The van der Waals surface area contributed by atoms with Gasteiger partial charge in [0.2, 0.25) is 0 Å². The molecular formula is C31H64O4. The molecule has 0 aliphatic rings. The van der Waals surface area contributed by atoms with Gasteiger partial charge in [0, 0.05) is 13.2 Å². The molecule has 0 N–H and O–H groups in total. The van der Waals surface area contributed by atoms with Crippen LogP contribution in [0.2, 0.25) is 0 Å². The Kier molecular flexibility index (Phi) is 15.2. The van der Waals surface area contributed by atoms with Crippen molar-refractivity contribution in [2.75, 3.05) is 13.2 Å². The van der Waals surface area contributed by atoms with Gasteiger partial charge in [-0.1, -0.05) is 34.1 Å². The third kappa shape index (κ3) is 19.6. The van der Waals surface area contributed by atoms with Crippen LogP contribution in [-0.2, 0) is 18.9 Å². The van der Waals surface area contributed by atoms with Crippen LogP contribution < -0.4 is 0 Å². The van der Waals surface area contributed by atoms with Gasteiger partial charge in [0.15, 0.2) is 0 Å². The zero-order valence-corrected chi connectivity index (χ0v) is 26.3. The van der Waals surface area contributed by atoms with Crippen LogP contribution in [0, 0.1) is 10.8 Å². The molecule has 0 radical (unpaired) electrons. The predicted molar refractivity (Wildman–Crippen MR) is 151 cm³/mol. The Balaban J connectivity index is 4.47. The summed E-state index contributed by atoms with van der Waals surface area (Å²) in [5.74, 6) is 0. The molecule has 2 atom stereocenters. The Morgan fingerprint density at radius 1 is 0.486 bits per heavy atom. The van der Waals surface area contributed by atoms with E-state index in [0.29, 0.717) is 0 Å². The van der Waals surface area contributed by atoms with E-state index in [2.05, 4.69) is 96.9 Å². The summed E-state index contributed by atoms with van der Waals surface area (Å²) in [6.45, 7) is 32.6. The molecule has 0 aliphatic heterocycles. The summed E-state index contributed by atoms with van der Waals surface area (Å²) in [6.07, 6.45) is 8.69. The van der Waals surface area contributed by atoms with Crippen LogP contribution in [0.15, 0.2) is 0 Å². The molecule has 0 bridgehead atoms. The fourth-order valence-electron chi connectivity index (χ4n) is 5.18. The molecule has 0 spiro atoms. The van der Waals surface area contributed by atoms with Crippen molar-refractivity contribution in [2.45, 2.75) is 177 Å². The summed E-state index contributed by atoms with van der Waals surface area (Å²) in [6, 6.07) is 0. The van der Waals surface area contributed by atoms with Crippen molar-refractivity contribution >= 4 is 0 Å². The second-order valence-corrected chi connectivity index (χ2v) is 14.3. The van der Waals surface area contributed by atoms with E-state index in [1.54, 1.807) is 0 Å². The lowest BCUT2D eigenvalue weighted by Crippen LogP contribution is -2.34. The summed E-state index contributed by atoms with van der Waals surface area (Å²) >= 11 is 0. The van der Waals surface area contributed by atoms with Gasteiger partial charge in [0.1, 0.15) is 0 Å². The van der Waals surface area contributed by atoms with Gasteiger partial charge in [-0.2, -0.15) is 0 Å². The highest BCUT2D eigenvalue weighted by atomic mass is 16.5. The molecule has 0 aromatic carbocycles. The first-order valence-electron chi connectivity index (χ1n) is 14.3. The summed E-state index contributed by atoms with van der Waals surface area (Å²) in [4.78, 5) is 0. The monoisotopic (exact) mass is 500 g/mol. The third-order valence-corrected chi connectivity index (χ3v) is 6.74. The maximum Gasteiger partial charge on any atom is 0.0652 e. The van der Waals surface area contributed by atoms with E-state index in [-0.39, 0.29) is 46.4 Å². The van der Waals surface area contributed by atoms with E-state index in [0.717, 1.165) is 38.9 Å². The Morgan fingerprint density at radius 2 is 0.800 bits per heavy atom. The van der Waals surface area contributed by atoms with E-state index < -0.39 is 0 Å². The normalized spacial score (nSPS) is 15.8. The molecule has 212 valence electrons. The van der Waals surface area contributed by atoms with Gasteiger partial charge in [-0.25, -0.2) is 0 Å². The number of hydrogen-bond donors (Lipinski definition) is 0. The predicted octanol–water partition coefficient (Wildman–Crippen LogP) is 8.99. The van der Waals surface area contributed by atoms with Crippen LogP contribution in [0.5, 0.6) is 0 Å². The number of ether oxygens (including phenoxy) is 4. The maximum atomic E-state index is 6.44. The van der Waals surface area contributed by atoms with Crippen LogP contribution in [0.25, 0.3) is 0 Å². The van der Waals surface area contributed by atoms with Crippen LogP contribution in [0.3, 0.4) is 0 Å². The van der Waals surface area contributed by atoms with Crippen molar-refractivity contribution in [3.8, 4) is 0 Å². The van der Waals surface area contributed by atoms with Gasteiger partial charge < -0.3 is 18.9 Å². The van der Waals surface area contributed by atoms with E-state index >= 15 is 0 Å². The zero-order chi connectivity index (χ0) is 27.5. The lowest BCUT2D eigenvalue weighted by molar-refractivity contribution is -0.0960. The topological polar surface area (TPSA) is 36.9 Å². The lowest BCUT2D eigenvalue weighted by Gasteiger charge is -2.36. The number of rotatable bonds is 20. The molecule has 0 rings (SSSR count). The van der Waals surface area contributed by atoms with E-state index in [9.17, 15) is 0 Å². The SMILES string of the molecule is CC(C)OCCC(C)(C)OC(C)CC(C)(C)CCCC(C)(C)CC(C)OC(C)(C)CCOC(C)C. The molecule has 0 aliphatic carbocycles. The van der Waals surface area contributed by atoms with Gasteiger partial charge in [-0.15, -0.1) is 0 Å². The average molecular weight is 501 g/mol. The van der Waals surface area contributed by atoms with Crippen molar-refractivity contribution in [3.05, 3.63) is 0 Å². The van der Waals surface area contributed by atoms with Crippen LogP contribution in [-0.4, -0.2) is 48.8 Å². The summed E-state index contributed by atoms with van der Waals surface area (Å²) in [5.41, 5.74) is 0.218. The first-order valence-corrected chi connectivity index (χ1v) is 14.3. The van der Waals surface area contributed by atoms with Crippen molar-refractivity contribution in [1.29, 1.82) is 0 Å². The minimum absolute atomic E-state index is 0.156. The van der Waals surface area contributed by atoms with E-state index in [1.807, 2.05) is 0 Å². The average Bonchev–Trinajstić information content (AvgIpc) is 2.57. The Bertz CT molecular complexity index is 500. The highest BCUT2D eigenvalue weighted by Gasteiger charge is 2.29. The van der Waals surface area contributed by atoms with Crippen molar-refractivity contribution in [2.24, 2.45) is 10.8 Å². The minimum atomic E-state index is -0.156. The molecule has 0 heterocycles. The second kappa shape index (κ2) is 15.3. The number of hydrogen-bond acceptors (Lipinski definition) is 4. The maximum absolute atomic E-state index is 6.44. The summed E-state index contributed by atoms with van der Waals surface area (Å²) in [7, 11) is 0. The molecule has 4 heteroatoms. The van der Waals surface area contributed by atoms with Crippen LogP contribution in [0.4, 0.5) is 0 Å². The third-order valence-electron chi connectivity index (χ3n) is 6.74. The largest absolute Gasteiger partial charge is 0.379 e. The smallest absolute Gasteiger partial charge is 0.0652 e. The molecule has 4 nitrogen and oxygen atoms in total. The first kappa shape index (κ1) is 34.8. The second-order valence-electron chi connectivity index (χ2n) is 14.3. The molecule has 0 fully saturated rings. The van der Waals surface area contributed by atoms with Gasteiger partial charge in [0.25, 0.3) is 0 Å². The Labute approximate surface area is 220 Å². The highest BCUT2D eigenvalue weighted by molar-refractivity contribution is 4.80. The Hall–Kier alpha value is -0.160. The molecule has 35 heavy (non-hydrogen) atoms. The van der Waals surface area contributed by atoms with Crippen molar-refractivity contribution in [3.63, 3.8) is 0 Å². The molecular weight excluding hydrogens is 436 g/mol. The molecule has 0 saturated carbocycles. The fraction of sp³-hybridized carbons (Fsp3) is 1.00. The standard InChI is InChI=1S/C31H64O4/c1-24(2)32-20-18-30(11,12)34-26(5)22-28(7,8)16-15-17-29(9,10)23-27(6)35-31(13,14)19-21-33-25(3)4/h24-27H,15-23H2,1-14H3. The lowest BCUT2D eigenvalue weighted by atomic mass is 9.77. The fourth-order valence-corrected chi connectivity index (χ4v) is 5.18. The first-order chi connectivity index (χ1) is 15.7. The summed E-state index contributed by atoms with van der Waals surface area (Å²) in [5, 5.41) is 0. The van der Waals surface area contributed by atoms with Gasteiger partial charge >= 0.3 is 0 Å². The minimum Gasteiger partial charge on any atom is -0.379 e.